The third-order valence-electron chi connectivity index (χ3n) is 1.25. The second-order valence-electron chi connectivity index (χ2n) is 2.12. The zero-order valence-electron chi connectivity index (χ0n) is 6.59. The fourth-order valence-electron chi connectivity index (χ4n) is 0.453. The van der Waals surface area contributed by atoms with E-state index in [0.717, 1.165) is 5.70 Å². The zero-order chi connectivity index (χ0) is 8.15. The van der Waals surface area contributed by atoms with E-state index in [2.05, 4.69) is 13.2 Å². The molecule has 0 aliphatic heterocycles. The quantitative estimate of drug-likeness (QED) is 0.598. The highest BCUT2D eigenvalue weighted by Crippen LogP contribution is 2.01. The van der Waals surface area contributed by atoms with Gasteiger partial charge in [-0.15, -0.1) is 0 Å². The van der Waals surface area contributed by atoms with Crippen LogP contribution in [0.4, 0.5) is 0 Å². The summed E-state index contributed by atoms with van der Waals surface area (Å²) >= 11 is 0. The molecule has 0 aliphatic rings. The molecule has 2 heteroatoms. The minimum atomic E-state index is 0.655. The molecular weight excluding hydrogens is 124 g/mol. The average Bonchev–Trinajstić information content (AvgIpc) is 1.87. The van der Waals surface area contributed by atoms with Gasteiger partial charge in [0.2, 0.25) is 0 Å². The van der Waals surface area contributed by atoms with Crippen molar-refractivity contribution in [3.8, 4) is 0 Å². The minimum absolute atomic E-state index is 0.655. The first-order valence-corrected chi connectivity index (χ1v) is 3.07. The van der Waals surface area contributed by atoms with Crippen LogP contribution >= 0.6 is 0 Å². The molecule has 0 heterocycles. The number of hydrogen-bond donors (Lipinski definition) is 1. The first-order chi connectivity index (χ1) is 4.59. The standard InChI is InChI=1S/C8H14N2/c1-5-6-8(9)10(4)7(2)3/h5-6H,1-2,9H2,3-4H3/b8-6-. The van der Waals surface area contributed by atoms with Gasteiger partial charge in [-0.3, -0.25) is 0 Å². The van der Waals surface area contributed by atoms with Crippen LogP contribution in [0.15, 0.2) is 36.8 Å². The van der Waals surface area contributed by atoms with Crippen molar-refractivity contribution in [1.82, 2.24) is 4.90 Å². The Bertz CT molecular complexity index is 168. The van der Waals surface area contributed by atoms with Crippen LogP contribution in [0.5, 0.6) is 0 Å². The van der Waals surface area contributed by atoms with Gasteiger partial charge in [-0.05, 0) is 13.0 Å². The first kappa shape index (κ1) is 8.82. The highest BCUT2D eigenvalue weighted by Gasteiger charge is 1.96. The van der Waals surface area contributed by atoms with E-state index in [-0.39, 0.29) is 0 Å². The Kier molecular flexibility index (Phi) is 3.33. The van der Waals surface area contributed by atoms with Gasteiger partial charge in [0.15, 0.2) is 0 Å². The SMILES string of the molecule is C=C/C=C(/N)N(C)C(=C)C. The number of rotatable bonds is 3. The third kappa shape index (κ3) is 2.40. The minimum Gasteiger partial charge on any atom is -0.385 e. The van der Waals surface area contributed by atoms with Gasteiger partial charge in [0.05, 0.1) is 0 Å². The molecule has 0 aliphatic carbocycles. The molecule has 0 saturated carbocycles. The highest BCUT2D eigenvalue weighted by molar-refractivity contribution is 5.10. The monoisotopic (exact) mass is 138 g/mol. The smallest absolute Gasteiger partial charge is 0.103 e. The van der Waals surface area contributed by atoms with Crippen molar-refractivity contribution < 1.29 is 0 Å². The lowest BCUT2D eigenvalue weighted by Gasteiger charge is -2.18. The summed E-state index contributed by atoms with van der Waals surface area (Å²) in [5, 5.41) is 0. The normalized spacial score (nSPS) is 10.8. The van der Waals surface area contributed by atoms with E-state index in [0.29, 0.717) is 5.82 Å². The van der Waals surface area contributed by atoms with Crippen LogP contribution in [0.25, 0.3) is 0 Å². The Hall–Kier alpha value is -1.18. The molecule has 0 aromatic heterocycles. The van der Waals surface area contributed by atoms with Crippen molar-refractivity contribution in [1.29, 1.82) is 0 Å². The van der Waals surface area contributed by atoms with Crippen LogP contribution in [0.3, 0.4) is 0 Å². The van der Waals surface area contributed by atoms with Crippen LogP contribution in [-0.4, -0.2) is 11.9 Å². The zero-order valence-corrected chi connectivity index (χ0v) is 6.59. The molecule has 2 N–H and O–H groups in total. The summed E-state index contributed by atoms with van der Waals surface area (Å²) in [6.45, 7) is 9.15. The Morgan fingerprint density at radius 1 is 1.60 bits per heavy atom. The largest absolute Gasteiger partial charge is 0.385 e. The molecule has 0 unspecified atom stereocenters. The van der Waals surface area contributed by atoms with Gasteiger partial charge < -0.3 is 10.6 Å². The second kappa shape index (κ2) is 3.77. The molecule has 2 nitrogen and oxygen atoms in total. The lowest BCUT2D eigenvalue weighted by molar-refractivity contribution is 0.516. The Balaban J connectivity index is 4.19. The van der Waals surface area contributed by atoms with Crippen molar-refractivity contribution in [2.45, 2.75) is 6.92 Å². The average molecular weight is 138 g/mol. The van der Waals surface area contributed by atoms with Crippen molar-refractivity contribution in [3.63, 3.8) is 0 Å². The number of hydrogen-bond acceptors (Lipinski definition) is 2. The molecule has 0 spiro atoms. The van der Waals surface area contributed by atoms with Crippen molar-refractivity contribution in [3.05, 3.63) is 36.8 Å². The van der Waals surface area contributed by atoms with Gasteiger partial charge in [-0.1, -0.05) is 19.2 Å². The molecule has 0 amide bonds. The van der Waals surface area contributed by atoms with E-state index < -0.39 is 0 Å². The van der Waals surface area contributed by atoms with Crippen LogP contribution < -0.4 is 5.73 Å². The molecule has 0 bridgehead atoms. The first-order valence-electron chi connectivity index (χ1n) is 3.07. The molecule has 0 rings (SSSR count). The fourth-order valence-corrected chi connectivity index (χ4v) is 0.453. The molecule has 0 aromatic carbocycles. The second-order valence-corrected chi connectivity index (χ2v) is 2.12. The molecule has 10 heavy (non-hydrogen) atoms. The highest BCUT2D eigenvalue weighted by atomic mass is 15.2. The topological polar surface area (TPSA) is 29.3 Å². The Labute approximate surface area is 62.3 Å². The number of nitrogens with two attached hydrogens (primary N) is 1. The van der Waals surface area contributed by atoms with Gasteiger partial charge in [-0.25, -0.2) is 0 Å². The maximum Gasteiger partial charge on any atom is 0.103 e. The molecule has 0 fully saturated rings. The molecule has 0 atom stereocenters. The van der Waals surface area contributed by atoms with Crippen molar-refractivity contribution in [2.24, 2.45) is 5.73 Å². The third-order valence-corrected chi connectivity index (χ3v) is 1.25. The summed E-state index contributed by atoms with van der Waals surface area (Å²) in [7, 11) is 1.86. The maximum atomic E-state index is 5.58. The lowest BCUT2D eigenvalue weighted by Crippen LogP contribution is -2.20. The van der Waals surface area contributed by atoms with Gasteiger partial charge in [0, 0.05) is 12.7 Å². The van der Waals surface area contributed by atoms with Gasteiger partial charge in [0.1, 0.15) is 5.82 Å². The van der Waals surface area contributed by atoms with E-state index >= 15 is 0 Å². The van der Waals surface area contributed by atoms with Crippen molar-refractivity contribution >= 4 is 0 Å². The Morgan fingerprint density at radius 3 is 2.40 bits per heavy atom. The van der Waals surface area contributed by atoms with Crippen LogP contribution in [-0.2, 0) is 0 Å². The van der Waals surface area contributed by atoms with Crippen LogP contribution in [0, 0.1) is 0 Å². The molecule has 0 aromatic rings. The summed E-state index contributed by atoms with van der Waals surface area (Å²) in [5.41, 5.74) is 6.50. The van der Waals surface area contributed by atoms with E-state index in [9.17, 15) is 0 Å². The van der Waals surface area contributed by atoms with Crippen LogP contribution in [0.1, 0.15) is 6.92 Å². The molecule has 0 radical (unpaired) electrons. The maximum absolute atomic E-state index is 5.58. The summed E-state index contributed by atoms with van der Waals surface area (Å²) in [6.07, 6.45) is 3.38. The van der Waals surface area contributed by atoms with E-state index in [4.69, 9.17) is 5.73 Å². The van der Waals surface area contributed by atoms with E-state index in [1.54, 1.807) is 17.1 Å². The Morgan fingerprint density at radius 2 is 2.10 bits per heavy atom. The van der Waals surface area contributed by atoms with E-state index in [1.807, 2.05) is 14.0 Å². The van der Waals surface area contributed by atoms with Crippen molar-refractivity contribution in [2.75, 3.05) is 7.05 Å². The number of nitrogens with zero attached hydrogens (tertiary/aromatic N) is 1. The predicted molar refractivity (Wildman–Crippen MR) is 45.0 cm³/mol. The lowest BCUT2D eigenvalue weighted by atomic mass is 10.4. The predicted octanol–water partition coefficient (Wildman–Crippen LogP) is 1.44. The molecule has 0 saturated heterocycles. The summed E-state index contributed by atoms with van der Waals surface area (Å²) < 4.78 is 0. The fraction of sp³-hybridized carbons (Fsp3) is 0.250. The van der Waals surface area contributed by atoms with Gasteiger partial charge in [0.25, 0.3) is 0 Å². The molecular formula is C8H14N2. The van der Waals surface area contributed by atoms with Gasteiger partial charge >= 0.3 is 0 Å². The van der Waals surface area contributed by atoms with Crippen LogP contribution in [0.2, 0.25) is 0 Å². The van der Waals surface area contributed by atoms with E-state index in [1.165, 1.54) is 0 Å². The summed E-state index contributed by atoms with van der Waals surface area (Å²) in [4.78, 5) is 1.79. The molecule has 56 valence electrons. The summed E-state index contributed by atoms with van der Waals surface area (Å²) in [5.74, 6) is 0.655. The summed E-state index contributed by atoms with van der Waals surface area (Å²) in [6, 6.07) is 0. The number of allylic oxidation sites excluding steroid dienone is 3. The van der Waals surface area contributed by atoms with Gasteiger partial charge in [-0.2, -0.15) is 0 Å².